The number of hydrogen-bond acceptors (Lipinski definition) is 7. The third-order valence-corrected chi connectivity index (χ3v) is 5.60. The number of carbonyl (C=O) groups excluding carboxylic acids is 1. The molecule has 0 unspecified atom stereocenters. The summed E-state index contributed by atoms with van der Waals surface area (Å²) in [6.45, 7) is 0.732. The van der Waals surface area contributed by atoms with Gasteiger partial charge in [-0.1, -0.05) is 0 Å². The Morgan fingerprint density at radius 1 is 1.19 bits per heavy atom. The van der Waals surface area contributed by atoms with Crippen molar-refractivity contribution in [3.05, 3.63) is 70.7 Å². The number of rotatable bonds is 9. The fraction of sp³-hybridized carbons (Fsp3) is 0.320. The van der Waals surface area contributed by atoms with Crippen molar-refractivity contribution < 1.29 is 42.0 Å². The lowest BCUT2D eigenvalue weighted by Gasteiger charge is -2.19. The van der Waals surface area contributed by atoms with Crippen LogP contribution in [0.4, 0.5) is 23.2 Å². The van der Waals surface area contributed by atoms with Gasteiger partial charge in [0.15, 0.2) is 0 Å². The topological polar surface area (TPSA) is 114 Å². The number of carbonyl (C=O) groups is 1. The Bertz CT molecular complexity index is 1300. The summed E-state index contributed by atoms with van der Waals surface area (Å²) < 4.78 is 66.3. The van der Waals surface area contributed by atoms with Crippen LogP contribution >= 0.6 is 0 Å². The molecule has 0 spiro atoms. The minimum Gasteiger partial charge on any atom is -0.474 e. The number of nitrogens with one attached hydrogen (secondary N) is 1. The SMILES string of the molecule is Cc1cc(F)ccc1Oc1cc(C2CC2)c(C(F)(F)F)cc1C(=O)Nc1cnnc(OC[C@@H](O)CO)c1. The van der Waals surface area contributed by atoms with Crippen molar-refractivity contribution in [2.45, 2.75) is 38.0 Å². The Labute approximate surface area is 208 Å². The molecular weight excluding hydrogens is 498 g/mol. The molecule has 0 aliphatic heterocycles. The van der Waals surface area contributed by atoms with Crippen LogP contribution in [0.2, 0.25) is 0 Å². The van der Waals surface area contributed by atoms with Gasteiger partial charge in [-0.25, -0.2) is 4.39 Å². The molecule has 1 aliphatic carbocycles. The molecule has 2 aromatic carbocycles. The van der Waals surface area contributed by atoms with Crippen molar-refractivity contribution in [2.24, 2.45) is 0 Å². The summed E-state index contributed by atoms with van der Waals surface area (Å²) in [5.41, 5.74) is -0.849. The van der Waals surface area contributed by atoms with Crippen LogP contribution in [0.5, 0.6) is 17.4 Å². The first kappa shape index (κ1) is 26.3. The van der Waals surface area contributed by atoms with Crippen LogP contribution in [0.3, 0.4) is 0 Å². The lowest BCUT2D eigenvalue weighted by Crippen LogP contribution is -2.22. The summed E-state index contributed by atoms with van der Waals surface area (Å²) in [4.78, 5) is 13.2. The molecular formula is C25H23F4N3O5. The summed E-state index contributed by atoms with van der Waals surface area (Å²) >= 11 is 0. The van der Waals surface area contributed by atoms with E-state index in [0.717, 1.165) is 18.3 Å². The van der Waals surface area contributed by atoms with Crippen LogP contribution in [-0.2, 0) is 6.18 Å². The molecule has 0 bridgehead atoms. The van der Waals surface area contributed by atoms with Crippen LogP contribution in [0.15, 0.2) is 42.6 Å². The molecule has 196 valence electrons. The van der Waals surface area contributed by atoms with Crippen molar-refractivity contribution >= 4 is 11.6 Å². The van der Waals surface area contributed by atoms with Crippen molar-refractivity contribution in [2.75, 3.05) is 18.5 Å². The lowest BCUT2D eigenvalue weighted by atomic mass is 9.98. The molecule has 4 rings (SSSR count). The predicted octanol–water partition coefficient (Wildman–Crippen LogP) is 4.60. The van der Waals surface area contributed by atoms with Gasteiger partial charge >= 0.3 is 6.18 Å². The van der Waals surface area contributed by atoms with Gasteiger partial charge in [-0.3, -0.25) is 4.79 Å². The highest BCUT2D eigenvalue weighted by atomic mass is 19.4. The lowest BCUT2D eigenvalue weighted by molar-refractivity contribution is -0.138. The maximum atomic E-state index is 13.9. The van der Waals surface area contributed by atoms with Crippen molar-refractivity contribution in [3.63, 3.8) is 0 Å². The van der Waals surface area contributed by atoms with Gasteiger partial charge in [0.05, 0.1) is 29.6 Å². The monoisotopic (exact) mass is 521 g/mol. The van der Waals surface area contributed by atoms with Crippen LogP contribution in [0.1, 0.15) is 45.8 Å². The molecule has 0 radical (unpaired) electrons. The van der Waals surface area contributed by atoms with E-state index in [1.165, 1.54) is 24.3 Å². The van der Waals surface area contributed by atoms with E-state index >= 15 is 0 Å². The maximum Gasteiger partial charge on any atom is 0.416 e. The number of aliphatic hydroxyl groups is 2. The Kier molecular flexibility index (Phi) is 7.60. The van der Waals surface area contributed by atoms with E-state index in [2.05, 4.69) is 15.5 Å². The van der Waals surface area contributed by atoms with Crippen molar-refractivity contribution in [3.8, 4) is 17.4 Å². The third kappa shape index (κ3) is 6.52. The molecule has 1 fully saturated rings. The number of hydrogen-bond donors (Lipinski definition) is 3. The molecule has 1 aliphatic rings. The Hall–Kier alpha value is -3.77. The van der Waals surface area contributed by atoms with Gasteiger partial charge in [0.25, 0.3) is 5.91 Å². The molecule has 1 saturated carbocycles. The van der Waals surface area contributed by atoms with Crippen LogP contribution in [0, 0.1) is 12.7 Å². The van der Waals surface area contributed by atoms with E-state index in [0.29, 0.717) is 18.4 Å². The third-order valence-electron chi connectivity index (χ3n) is 5.60. The number of benzene rings is 2. The van der Waals surface area contributed by atoms with Crippen molar-refractivity contribution in [1.82, 2.24) is 10.2 Å². The zero-order valence-corrected chi connectivity index (χ0v) is 19.6. The minimum atomic E-state index is -4.70. The molecule has 1 amide bonds. The van der Waals surface area contributed by atoms with E-state index in [1.54, 1.807) is 6.92 Å². The van der Waals surface area contributed by atoms with E-state index in [4.69, 9.17) is 14.6 Å². The summed E-state index contributed by atoms with van der Waals surface area (Å²) in [5, 5.41) is 28.1. The minimum absolute atomic E-state index is 0.0301. The molecule has 0 saturated heterocycles. The first-order valence-corrected chi connectivity index (χ1v) is 11.3. The highest BCUT2D eigenvalue weighted by Gasteiger charge is 2.40. The highest BCUT2D eigenvalue weighted by molar-refractivity contribution is 6.06. The number of alkyl halides is 3. The molecule has 37 heavy (non-hydrogen) atoms. The quantitative estimate of drug-likeness (QED) is 0.353. The number of amides is 1. The second-order valence-electron chi connectivity index (χ2n) is 8.60. The molecule has 1 heterocycles. The predicted molar refractivity (Wildman–Crippen MR) is 123 cm³/mol. The average molecular weight is 521 g/mol. The van der Waals surface area contributed by atoms with E-state index < -0.39 is 41.7 Å². The second kappa shape index (κ2) is 10.7. The standard InChI is InChI=1S/C25H23F4N3O5/c1-13-6-15(26)4-5-21(13)37-22-9-18(14-2-3-14)20(25(27,28)29)8-19(22)24(35)31-16-7-23(32-30-10-16)36-12-17(34)11-33/h4-10,14,17,33-34H,2-3,11-12H2,1H3,(H,31,32,35)/t17-/m0/s1. The van der Waals surface area contributed by atoms with Crippen molar-refractivity contribution in [1.29, 1.82) is 0 Å². The number of aromatic nitrogens is 2. The molecule has 1 aromatic heterocycles. The van der Waals surface area contributed by atoms with E-state index in [-0.39, 0.29) is 41.2 Å². The van der Waals surface area contributed by atoms with Gasteiger partial charge in [-0.15, -0.1) is 5.10 Å². The molecule has 8 nitrogen and oxygen atoms in total. The maximum absolute atomic E-state index is 13.9. The molecule has 12 heteroatoms. The first-order valence-electron chi connectivity index (χ1n) is 11.3. The fourth-order valence-electron chi connectivity index (χ4n) is 3.60. The van der Waals surface area contributed by atoms with E-state index in [1.807, 2.05) is 0 Å². The molecule has 1 atom stereocenters. The molecule has 3 aromatic rings. The highest BCUT2D eigenvalue weighted by Crippen LogP contribution is 2.48. The fourth-order valence-corrected chi connectivity index (χ4v) is 3.60. The summed E-state index contributed by atoms with van der Waals surface area (Å²) in [6.07, 6.45) is -3.55. The number of halogens is 4. The largest absolute Gasteiger partial charge is 0.474 e. The Balaban J connectivity index is 1.69. The van der Waals surface area contributed by atoms with Crippen LogP contribution < -0.4 is 14.8 Å². The zero-order valence-electron chi connectivity index (χ0n) is 19.6. The average Bonchev–Trinajstić information content (AvgIpc) is 3.69. The zero-order chi connectivity index (χ0) is 26.7. The Morgan fingerprint density at radius 3 is 2.59 bits per heavy atom. The van der Waals surface area contributed by atoms with Gasteiger partial charge in [0, 0.05) is 6.07 Å². The van der Waals surface area contributed by atoms with Gasteiger partial charge in [-0.05, 0) is 67.1 Å². The normalized spacial score (nSPS) is 14.2. The number of ether oxygens (including phenoxy) is 2. The van der Waals surface area contributed by atoms with Gasteiger partial charge in [0.2, 0.25) is 5.88 Å². The van der Waals surface area contributed by atoms with Crippen LogP contribution in [-0.4, -0.2) is 45.6 Å². The number of nitrogens with zero attached hydrogens (tertiary/aromatic N) is 2. The molecule has 3 N–H and O–H groups in total. The van der Waals surface area contributed by atoms with Gasteiger partial charge < -0.3 is 25.0 Å². The second-order valence-corrected chi connectivity index (χ2v) is 8.60. The summed E-state index contributed by atoms with van der Waals surface area (Å²) in [7, 11) is 0. The Morgan fingerprint density at radius 2 is 1.95 bits per heavy atom. The first-order chi connectivity index (χ1) is 17.5. The van der Waals surface area contributed by atoms with E-state index in [9.17, 15) is 27.5 Å². The summed E-state index contributed by atoms with van der Waals surface area (Å²) in [6, 6.07) is 6.90. The van der Waals surface area contributed by atoms with Crippen LogP contribution in [0.25, 0.3) is 0 Å². The number of aryl methyl sites for hydroxylation is 1. The van der Waals surface area contributed by atoms with Gasteiger partial charge in [-0.2, -0.15) is 18.3 Å². The van der Waals surface area contributed by atoms with Gasteiger partial charge in [0.1, 0.15) is 30.0 Å². The number of aliphatic hydroxyl groups excluding tert-OH is 2. The number of anilines is 1. The summed E-state index contributed by atoms with van der Waals surface area (Å²) in [5.74, 6) is -1.76. The smallest absolute Gasteiger partial charge is 0.416 e.